The molecule has 174 valence electrons. The highest BCUT2D eigenvalue weighted by atomic mass is 31.2. The van der Waals surface area contributed by atoms with Crippen molar-refractivity contribution in [2.75, 3.05) is 39.6 Å². The topological polar surface area (TPSA) is 125 Å². The molecular weight excluding hydrogens is 405 g/mol. The number of rotatable bonds is 19. The van der Waals surface area contributed by atoms with Crippen molar-refractivity contribution in [1.82, 2.24) is 0 Å². The van der Waals surface area contributed by atoms with E-state index in [1.165, 1.54) is 0 Å². The number of hydrogen-bond acceptors (Lipinski definition) is 10. The maximum Gasteiger partial charge on any atom is 0.333 e. The van der Waals surface area contributed by atoms with Crippen LogP contribution in [0.3, 0.4) is 0 Å². The summed E-state index contributed by atoms with van der Waals surface area (Å²) in [5, 5.41) is 21.4. The fourth-order valence-corrected chi connectivity index (χ4v) is 3.06. The zero-order valence-electron chi connectivity index (χ0n) is 18.4. The van der Waals surface area contributed by atoms with E-state index < -0.39 is 26.9 Å². The first-order valence-corrected chi connectivity index (χ1v) is 11.0. The van der Waals surface area contributed by atoms with Gasteiger partial charge in [-0.25, -0.2) is 0 Å². The van der Waals surface area contributed by atoms with E-state index in [4.69, 9.17) is 27.8 Å². The first kappa shape index (κ1) is 28.7. The lowest BCUT2D eigenvalue weighted by Gasteiger charge is -2.26. The Balaban J connectivity index is 4.53. The van der Waals surface area contributed by atoms with E-state index in [0.717, 1.165) is 0 Å². The van der Waals surface area contributed by atoms with E-state index >= 15 is 0 Å². The second-order valence-corrected chi connectivity index (χ2v) is 8.32. The first-order chi connectivity index (χ1) is 13.6. The van der Waals surface area contributed by atoms with Crippen molar-refractivity contribution in [3.8, 4) is 0 Å². The number of hydrogen-bond donors (Lipinski definition) is 2. The second-order valence-electron chi connectivity index (χ2n) is 7.24. The molecule has 0 aliphatic rings. The Morgan fingerprint density at radius 1 is 0.655 bits per heavy atom. The predicted molar refractivity (Wildman–Crippen MR) is 110 cm³/mol. The van der Waals surface area contributed by atoms with Crippen molar-refractivity contribution >= 4 is 8.60 Å². The molecule has 0 fully saturated rings. The highest BCUT2D eigenvalue weighted by Gasteiger charge is 2.23. The second kappa shape index (κ2) is 17.4. The van der Waals surface area contributed by atoms with Crippen molar-refractivity contribution in [2.24, 2.45) is 5.18 Å². The van der Waals surface area contributed by atoms with Crippen LogP contribution in [0.4, 0.5) is 0 Å². The molecule has 11 heteroatoms. The van der Waals surface area contributed by atoms with Gasteiger partial charge in [-0.3, -0.25) is 0 Å². The molecule has 0 aromatic carbocycles. The standard InChI is InChI=1S/C18H38NO9P/c1-13(19-22)7-23-10-16(4)26-29(27-17(5)11-24-8-14(2)20)28-18(6)12-25-9-15(3)21/h13-18,20-21H,7-12H2,1-6H3. The number of aliphatic hydroxyl groups is 2. The van der Waals surface area contributed by atoms with Gasteiger partial charge in [-0.05, 0) is 41.5 Å². The number of ether oxygens (including phenoxy) is 3. The molecule has 0 saturated heterocycles. The lowest BCUT2D eigenvalue weighted by Crippen LogP contribution is -2.24. The van der Waals surface area contributed by atoms with Crippen LogP contribution in [0.25, 0.3) is 0 Å². The third kappa shape index (κ3) is 18.2. The molecule has 2 N–H and O–H groups in total. The lowest BCUT2D eigenvalue weighted by atomic mass is 10.4. The van der Waals surface area contributed by atoms with Crippen LogP contribution < -0.4 is 0 Å². The van der Waals surface area contributed by atoms with Crippen molar-refractivity contribution in [2.45, 2.75) is 78.1 Å². The first-order valence-electron chi connectivity index (χ1n) is 9.86. The van der Waals surface area contributed by atoms with E-state index in [2.05, 4.69) is 5.18 Å². The van der Waals surface area contributed by atoms with E-state index in [1.807, 2.05) is 20.8 Å². The Kier molecular flexibility index (Phi) is 17.2. The maximum absolute atomic E-state index is 10.4. The van der Waals surface area contributed by atoms with Gasteiger partial charge >= 0.3 is 8.60 Å². The highest BCUT2D eigenvalue weighted by Crippen LogP contribution is 2.43. The van der Waals surface area contributed by atoms with Gasteiger partial charge in [0, 0.05) is 0 Å². The molecule has 0 spiro atoms. The van der Waals surface area contributed by atoms with E-state index in [-0.39, 0.29) is 58.0 Å². The minimum atomic E-state index is -1.73. The average Bonchev–Trinajstić information content (AvgIpc) is 2.60. The lowest BCUT2D eigenvalue weighted by molar-refractivity contribution is -0.0229. The molecule has 0 aromatic heterocycles. The molecule has 10 nitrogen and oxygen atoms in total. The Morgan fingerprint density at radius 2 is 1.00 bits per heavy atom. The average molecular weight is 443 g/mol. The quantitative estimate of drug-likeness (QED) is 0.229. The van der Waals surface area contributed by atoms with Crippen molar-refractivity contribution in [3.05, 3.63) is 4.91 Å². The molecule has 0 heterocycles. The molecular formula is C18H38NO9P. The van der Waals surface area contributed by atoms with Crippen LogP contribution in [-0.4, -0.2) is 86.4 Å². The van der Waals surface area contributed by atoms with Gasteiger partial charge in [0.15, 0.2) is 0 Å². The fourth-order valence-electron chi connectivity index (χ4n) is 1.85. The summed E-state index contributed by atoms with van der Waals surface area (Å²) in [6.45, 7) is 11.8. The highest BCUT2D eigenvalue weighted by molar-refractivity contribution is 7.41. The van der Waals surface area contributed by atoms with Crippen molar-refractivity contribution < 1.29 is 38.0 Å². The molecule has 0 aromatic rings. The number of nitrogens with zero attached hydrogens (tertiary/aromatic N) is 1. The van der Waals surface area contributed by atoms with Crippen LogP contribution in [0.1, 0.15) is 41.5 Å². The van der Waals surface area contributed by atoms with Gasteiger partial charge in [-0.15, -0.1) is 0 Å². The van der Waals surface area contributed by atoms with Crippen LogP contribution in [0.5, 0.6) is 0 Å². The zero-order chi connectivity index (χ0) is 22.2. The minimum absolute atomic E-state index is 0.212. The SMILES string of the molecule is CC(O)COCC(C)OP(OC(C)COCC(C)O)OC(C)COCC(C)N=O. The molecule has 0 radical (unpaired) electrons. The molecule has 6 atom stereocenters. The Morgan fingerprint density at radius 3 is 1.31 bits per heavy atom. The van der Waals surface area contributed by atoms with Gasteiger partial charge in [0.1, 0.15) is 6.04 Å². The summed E-state index contributed by atoms with van der Waals surface area (Å²) in [6, 6.07) is -0.423. The monoisotopic (exact) mass is 443 g/mol. The predicted octanol–water partition coefficient (Wildman–Crippen LogP) is 2.39. The normalized spacial score (nSPS) is 19.2. The summed E-state index contributed by atoms with van der Waals surface area (Å²) >= 11 is 0. The molecule has 29 heavy (non-hydrogen) atoms. The molecule has 0 saturated carbocycles. The van der Waals surface area contributed by atoms with Crippen molar-refractivity contribution in [3.63, 3.8) is 0 Å². The molecule has 0 amide bonds. The van der Waals surface area contributed by atoms with Gasteiger partial charge in [0.05, 0.1) is 70.2 Å². The number of aliphatic hydroxyl groups excluding tert-OH is 2. The van der Waals surface area contributed by atoms with Gasteiger partial charge in [-0.2, -0.15) is 4.91 Å². The van der Waals surface area contributed by atoms with Gasteiger partial charge in [0.25, 0.3) is 0 Å². The number of nitroso groups, excluding NO2 is 1. The summed E-state index contributed by atoms with van der Waals surface area (Å²) in [6.07, 6.45) is -2.09. The van der Waals surface area contributed by atoms with Gasteiger partial charge < -0.3 is 38.0 Å². The van der Waals surface area contributed by atoms with Crippen LogP contribution in [0.15, 0.2) is 5.18 Å². The Labute approximate surface area is 175 Å². The summed E-state index contributed by atoms with van der Waals surface area (Å²) in [5.41, 5.74) is 0. The molecule has 0 aliphatic heterocycles. The van der Waals surface area contributed by atoms with Gasteiger partial charge in [0.2, 0.25) is 0 Å². The third-order valence-electron chi connectivity index (χ3n) is 3.11. The minimum Gasteiger partial charge on any atom is -0.391 e. The van der Waals surface area contributed by atoms with E-state index in [9.17, 15) is 15.1 Å². The molecule has 0 rings (SSSR count). The van der Waals surface area contributed by atoms with E-state index in [0.29, 0.717) is 0 Å². The Bertz CT molecular complexity index is 382. The summed E-state index contributed by atoms with van der Waals surface area (Å²) in [7, 11) is -1.73. The van der Waals surface area contributed by atoms with Crippen molar-refractivity contribution in [1.29, 1.82) is 0 Å². The third-order valence-corrected chi connectivity index (χ3v) is 4.71. The summed E-state index contributed by atoms with van der Waals surface area (Å²) in [5.74, 6) is 0. The molecule has 0 aliphatic carbocycles. The summed E-state index contributed by atoms with van der Waals surface area (Å²) in [4.78, 5) is 10.4. The zero-order valence-corrected chi connectivity index (χ0v) is 19.2. The van der Waals surface area contributed by atoms with Crippen LogP contribution in [0, 0.1) is 4.91 Å². The summed E-state index contributed by atoms with van der Waals surface area (Å²) < 4.78 is 33.7. The van der Waals surface area contributed by atoms with Crippen LogP contribution >= 0.6 is 8.60 Å². The van der Waals surface area contributed by atoms with Gasteiger partial charge in [-0.1, -0.05) is 5.18 Å². The maximum atomic E-state index is 10.4. The fraction of sp³-hybridized carbons (Fsp3) is 1.00. The largest absolute Gasteiger partial charge is 0.391 e. The van der Waals surface area contributed by atoms with Crippen LogP contribution in [0.2, 0.25) is 0 Å². The Hall–Kier alpha value is -0.290. The van der Waals surface area contributed by atoms with Crippen LogP contribution in [-0.2, 0) is 27.8 Å². The smallest absolute Gasteiger partial charge is 0.333 e. The molecule has 6 unspecified atom stereocenters. The van der Waals surface area contributed by atoms with E-state index in [1.54, 1.807) is 20.8 Å². The molecule has 0 bridgehead atoms.